The number of carbonyl (C=O) groups excluding carboxylic acids is 2. The molecule has 1 unspecified atom stereocenters. The van der Waals surface area contributed by atoms with Gasteiger partial charge < -0.3 is 23.9 Å². The lowest BCUT2D eigenvalue weighted by Gasteiger charge is -2.40. The number of nitrogens with zero attached hydrogens (tertiary/aromatic N) is 2. The van der Waals surface area contributed by atoms with Crippen LogP contribution in [0.25, 0.3) is 0 Å². The first-order valence-electron chi connectivity index (χ1n) is 10.4. The smallest absolute Gasteiger partial charge is 0.411 e. The van der Waals surface area contributed by atoms with Gasteiger partial charge in [-0.1, -0.05) is 0 Å². The Balaban J connectivity index is 1.72. The summed E-state index contributed by atoms with van der Waals surface area (Å²) in [6, 6.07) is 5.28. The van der Waals surface area contributed by atoms with Crippen molar-refractivity contribution in [1.82, 2.24) is 4.90 Å². The molecule has 2 fully saturated rings. The van der Waals surface area contributed by atoms with E-state index in [4.69, 9.17) is 14.2 Å². The minimum absolute atomic E-state index is 0.228. The van der Waals surface area contributed by atoms with Gasteiger partial charge in [0, 0.05) is 31.4 Å². The van der Waals surface area contributed by atoms with Gasteiger partial charge in [0.1, 0.15) is 17.9 Å². The molecule has 2 aliphatic rings. The van der Waals surface area contributed by atoms with Crippen LogP contribution in [0, 0.1) is 0 Å². The summed E-state index contributed by atoms with van der Waals surface area (Å²) in [7, 11) is 1.64. The summed E-state index contributed by atoms with van der Waals surface area (Å²) in [5, 5.41) is 0. The van der Waals surface area contributed by atoms with E-state index in [1.807, 2.05) is 39.0 Å². The monoisotopic (exact) mass is 404 g/mol. The van der Waals surface area contributed by atoms with Gasteiger partial charge in [-0.2, -0.15) is 0 Å². The zero-order chi connectivity index (χ0) is 21.0. The van der Waals surface area contributed by atoms with E-state index in [0.717, 1.165) is 30.6 Å². The Hall–Kier alpha value is -2.44. The topological polar surface area (TPSA) is 68.3 Å². The quantitative estimate of drug-likeness (QED) is 0.698. The number of aldehydes is 1. The standard InChI is InChI=1S/C22H32N2O5/c1-22(2,3)29-21(26)24-12-11-23(14-17(24)15-25)16-9-10-19(27-4)20(13-16)28-18-7-5-6-8-18/h9-10,13,15,17-18H,5-8,11-12,14H2,1-4H3. The molecule has 0 spiro atoms. The Bertz CT molecular complexity index is 724. The molecule has 1 saturated carbocycles. The van der Waals surface area contributed by atoms with Gasteiger partial charge in [-0.05, 0) is 58.6 Å². The van der Waals surface area contributed by atoms with Crippen LogP contribution < -0.4 is 14.4 Å². The van der Waals surface area contributed by atoms with Crippen LogP contribution in [0.1, 0.15) is 46.5 Å². The number of rotatable bonds is 5. The van der Waals surface area contributed by atoms with E-state index in [1.165, 1.54) is 17.7 Å². The molecule has 1 heterocycles. The molecule has 0 aromatic heterocycles. The minimum atomic E-state index is -0.593. The van der Waals surface area contributed by atoms with Crippen LogP contribution in [0.3, 0.4) is 0 Å². The zero-order valence-corrected chi connectivity index (χ0v) is 17.8. The predicted molar refractivity (Wildman–Crippen MR) is 111 cm³/mol. The summed E-state index contributed by atoms with van der Waals surface area (Å²) in [4.78, 5) is 27.7. The lowest BCUT2D eigenvalue weighted by Crippen LogP contribution is -2.57. The normalized spacial score (nSPS) is 20.5. The van der Waals surface area contributed by atoms with Gasteiger partial charge in [-0.25, -0.2) is 4.79 Å². The van der Waals surface area contributed by atoms with E-state index in [0.29, 0.717) is 25.4 Å². The molecule has 1 aliphatic carbocycles. The maximum Gasteiger partial charge on any atom is 0.411 e. The number of anilines is 1. The summed E-state index contributed by atoms with van der Waals surface area (Å²) in [6.45, 7) is 6.90. The number of methoxy groups -OCH3 is 1. The van der Waals surface area contributed by atoms with Crippen LogP contribution in [0.2, 0.25) is 0 Å². The second kappa shape index (κ2) is 8.93. The van der Waals surface area contributed by atoms with Gasteiger partial charge in [0.25, 0.3) is 0 Å². The molecule has 1 aliphatic heterocycles. The maximum atomic E-state index is 12.4. The molecular weight excluding hydrogens is 372 g/mol. The average molecular weight is 405 g/mol. The number of ether oxygens (including phenoxy) is 3. The number of hydrogen-bond acceptors (Lipinski definition) is 6. The summed E-state index contributed by atoms with van der Waals surface area (Å²) < 4.78 is 17.1. The zero-order valence-electron chi connectivity index (χ0n) is 17.8. The average Bonchev–Trinajstić information content (AvgIpc) is 3.19. The van der Waals surface area contributed by atoms with Crippen LogP contribution >= 0.6 is 0 Å². The van der Waals surface area contributed by atoms with Crippen LogP contribution in [0.5, 0.6) is 11.5 Å². The Labute approximate surface area is 172 Å². The van der Waals surface area contributed by atoms with Crippen molar-refractivity contribution in [2.45, 2.75) is 64.2 Å². The van der Waals surface area contributed by atoms with E-state index < -0.39 is 17.7 Å². The third-order valence-corrected chi connectivity index (χ3v) is 5.31. The van der Waals surface area contributed by atoms with Gasteiger partial charge in [0.15, 0.2) is 11.5 Å². The van der Waals surface area contributed by atoms with Crippen LogP contribution in [0.15, 0.2) is 18.2 Å². The second-order valence-electron chi connectivity index (χ2n) is 8.68. The van der Waals surface area contributed by atoms with Crippen LogP contribution in [-0.4, -0.2) is 61.8 Å². The molecule has 1 saturated heterocycles. The first-order chi connectivity index (χ1) is 13.8. The fourth-order valence-electron chi connectivity index (χ4n) is 3.85. The first kappa shape index (κ1) is 21.3. The highest BCUT2D eigenvalue weighted by Gasteiger charge is 2.33. The van der Waals surface area contributed by atoms with Crippen molar-refractivity contribution in [2.24, 2.45) is 0 Å². The Morgan fingerprint density at radius 2 is 1.86 bits per heavy atom. The van der Waals surface area contributed by atoms with Crippen molar-refractivity contribution >= 4 is 18.1 Å². The van der Waals surface area contributed by atoms with Gasteiger partial charge in [-0.15, -0.1) is 0 Å². The Morgan fingerprint density at radius 3 is 2.48 bits per heavy atom. The molecule has 1 aromatic carbocycles. The molecule has 1 atom stereocenters. The molecule has 1 amide bonds. The molecule has 0 N–H and O–H groups in total. The molecule has 3 rings (SSSR count). The van der Waals surface area contributed by atoms with Crippen LogP contribution in [0.4, 0.5) is 10.5 Å². The summed E-state index contributed by atoms with van der Waals surface area (Å²) >= 11 is 0. The number of amides is 1. The highest BCUT2D eigenvalue weighted by atomic mass is 16.6. The summed E-state index contributed by atoms with van der Waals surface area (Å²) in [6.07, 6.45) is 5.11. The third kappa shape index (κ3) is 5.34. The highest BCUT2D eigenvalue weighted by molar-refractivity contribution is 5.75. The van der Waals surface area contributed by atoms with Crippen molar-refractivity contribution < 1.29 is 23.8 Å². The third-order valence-electron chi connectivity index (χ3n) is 5.31. The molecule has 0 radical (unpaired) electrons. The fourth-order valence-corrected chi connectivity index (χ4v) is 3.85. The highest BCUT2D eigenvalue weighted by Crippen LogP contribution is 2.35. The molecule has 0 bridgehead atoms. The van der Waals surface area contributed by atoms with Gasteiger partial charge in [0.2, 0.25) is 0 Å². The van der Waals surface area contributed by atoms with Crippen molar-refractivity contribution in [3.05, 3.63) is 18.2 Å². The first-order valence-corrected chi connectivity index (χ1v) is 10.4. The second-order valence-corrected chi connectivity index (χ2v) is 8.68. The van der Waals surface area contributed by atoms with Crippen molar-refractivity contribution in [3.63, 3.8) is 0 Å². The fraction of sp³-hybridized carbons (Fsp3) is 0.636. The molecule has 160 valence electrons. The molecular formula is C22H32N2O5. The van der Waals surface area contributed by atoms with Crippen LogP contribution in [-0.2, 0) is 9.53 Å². The number of piperazine rings is 1. The van der Waals surface area contributed by atoms with Gasteiger partial charge in [0.05, 0.1) is 13.2 Å². The Morgan fingerprint density at radius 1 is 1.14 bits per heavy atom. The van der Waals surface area contributed by atoms with E-state index in [1.54, 1.807) is 7.11 Å². The number of benzene rings is 1. The lowest BCUT2D eigenvalue weighted by atomic mass is 10.1. The van der Waals surface area contributed by atoms with E-state index in [9.17, 15) is 9.59 Å². The van der Waals surface area contributed by atoms with Crippen molar-refractivity contribution in [1.29, 1.82) is 0 Å². The van der Waals surface area contributed by atoms with Crippen molar-refractivity contribution in [3.8, 4) is 11.5 Å². The molecule has 7 nitrogen and oxygen atoms in total. The summed E-state index contributed by atoms with van der Waals surface area (Å²) in [5.74, 6) is 1.44. The Kier molecular flexibility index (Phi) is 6.55. The molecule has 29 heavy (non-hydrogen) atoms. The van der Waals surface area contributed by atoms with Gasteiger partial charge >= 0.3 is 6.09 Å². The van der Waals surface area contributed by atoms with E-state index in [2.05, 4.69) is 4.90 Å². The molecule has 7 heteroatoms. The van der Waals surface area contributed by atoms with Crippen molar-refractivity contribution in [2.75, 3.05) is 31.6 Å². The molecule has 1 aromatic rings. The lowest BCUT2D eigenvalue weighted by molar-refractivity contribution is -0.112. The number of carbonyl (C=O) groups is 2. The van der Waals surface area contributed by atoms with Gasteiger partial charge in [-0.3, -0.25) is 4.90 Å². The SMILES string of the molecule is COc1ccc(N2CCN(C(=O)OC(C)(C)C)C(C=O)C2)cc1OC1CCCC1. The maximum absolute atomic E-state index is 12.4. The largest absolute Gasteiger partial charge is 0.493 e. The summed E-state index contributed by atoms with van der Waals surface area (Å²) in [5.41, 5.74) is 0.360. The number of hydrogen-bond donors (Lipinski definition) is 0. The van der Waals surface area contributed by atoms with E-state index >= 15 is 0 Å². The predicted octanol–water partition coefficient (Wildman–Crippen LogP) is 3.64. The minimum Gasteiger partial charge on any atom is -0.493 e. The van der Waals surface area contributed by atoms with E-state index in [-0.39, 0.29) is 6.10 Å².